The third-order valence-electron chi connectivity index (χ3n) is 4.13. The molecule has 0 bridgehead atoms. The summed E-state index contributed by atoms with van der Waals surface area (Å²) in [4.78, 5) is 4.82. The van der Waals surface area contributed by atoms with Crippen LogP contribution in [0.25, 0.3) is 0 Å². The molecule has 0 N–H and O–H groups in total. The van der Waals surface area contributed by atoms with Crippen molar-refractivity contribution >= 4 is 11.6 Å². The van der Waals surface area contributed by atoms with Crippen LogP contribution in [0.15, 0.2) is 12.1 Å². The fourth-order valence-corrected chi connectivity index (χ4v) is 3.43. The summed E-state index contributed by atoms with van der Waals surface area (Å²) >= 11 is 6.69. The predicted octanol–water partition coefficient (Wildman–Crippen LogP) is 2.84. The van der Waals surface area contributed by atoms with Crippen molar-refractivity contribution in [3.05, 3.63) is 28.8 Å². The van der Waals surface area contributed by atoms with Crippen LogP contribution in [0.5, 0.6) is 5.75 Å². The summed E-state index contributed by atoms with van der Waals surface area (Å²) in [6, 6.07) is 4.14. The van der Waals surface area contributed by atoms with E-state index >= 15 is 0 Å². The van der Waals surface area contributed by atoms with E-state index in [0.29, 0.717) is 0 Å². The first-order valence-electron chi connectivity index (χ1n) is 7.21. The first-order chi connectivity index (χ1) is 9.51. The van der Waals surface area contributed by atoms with Crippen LogP contribution >= 0.6 is 11.6 Å². The molecule has 112 valence electrons. The largest absolute Gasteiger partial charge is 0.497 e. The van der Waals surface area contributed by atoms with E-state index in [1.54, 1.807) is 7.11 Å². The van der Waals surface area contributed by atoms with Gasteiger partial charge in [-0.15, -0.1) is 11.6 Å². The van der Waals surface area contributed by atoms with Gasteiger partial charge in [0.05, 0.1) is 12.5 Å². The molecule has 0 amide bonds. The van der Waals surface area contributed by atoms with Gasteiger partial charge in [-0.25, -0.2) is 0 Å². The Hall–Kier alpha value is -0.770. The van der Waals surface area contributed by atoms with E-state index in [1.807, 2.05) is 0 Å². The molecule has 0 aromatic heterocycles. The number of ether oxygens (including phenoxy) is 1. The van der Waals surface area contributed by atoms with Crippen LogP contribution in [-0.4, -0.2) is 56.7 Å². The summed E-state index contributed by atoms with van der Waals surface area (Å²) in [5, 5.41) is 0.0457. The molecule has 1 heterocycles. The van der Waals surface area contributed by atoms with Gasteiger partial charge in [-0.05, 0) is 49.7 Å². The first-order valence-corrected chi connectivity index (χ1v) is 7.65. The number of piperazine rings is 1. The molecule has 0 saturated carbocycles. The summed E-state index contributed by atoms with van der Waals surface area (Å²) in [6.45, 7) is 9.62. The van der Waals surface area contributed by atoms with Crippen LogP contribution in [0.3, 0.4) is 0 Å². The van der Waals surface area contributed by atoms with Crippen LogP contribution in [-0.2, 0) is 0 Å². The number of methoxy groups -OCH3 is 1. The number of alkyl halides is 1. The Bertz CT molecular complexity index is 433. The van der Waals surface area contributed by atoms with E-state index < -0.39 is 0 Å². The fourth-order valence-electron chi connectivity index (χ4n) is 2.90. The van der Waals surface area contributed by atoms with Gasteiger partial charge in [0.2, 0.25) is 0 Å². The molecule has 1 aromatic carbocycles. The van der Waals surface area contributed by atoms with Gasteiger partial charge in [-0.1, -0.05) is 0 Å². The number of benzene rings is 1. The second-order valence-corrected chi connectivity index (χ2v) is 6.27. The topological polar surface area (TPSA) is 15.7 Å². The Kier molecular flexibility index (Phi) is 5.30. The molecule has 1 aliphatic rings. The molecule has 1 unspecified atom stereocenters. The molecule has 1 atom stereocenters. The average molecular weight is 297 g/mol. The summed E-state index contributed by atoms with van der Waals surface area (Å²) in [7, 11) is 3.88. The van der Waals surface area contributed by atoms with Crippen molar-refractivity contribution in [1.82, 2.24) is 9.80 Å². The normalized spacial score (nSPS) is 19.1. The third kappa shape index (κ3) is 3.66. The van der Waals surface area contributed by atoms with Crippen molar-refractivity contribution in [2.45, 2.75) is 19.2 Å². The summed E-state index contributed by atoms with van der Waals surface area (Å²) in [5.41, 5.74) is 3.69. The summed E-state index contributed by atoms with van der Waals surface area (Å²) in [5.74, 6) is 0.909. The molecule has 20 heavy (non-hydrogen) atoms. The maximum absolute atomic E-state index is 6.69. The molecule has 0 spiro atoms. The highest BCUT2D eigenvalue weighted by Crippen LogP contribution is 2.31. The maximum Gasteiger partial charge on any atom is 0.119 e. The molecule has 0 radical (unpaired) electrons. The van der Waals surface area contributed by atoms with Crippen LogP contribution in [0.4, 0.5) is 0 Å². The van der Waals surface area contributed by atoms with E-state index in [-0.39, 0.29) is 5.38 Å². The zero-order valence-corrected chi connectivity index (χ0v) is 13.7. The van der Waals surface area contributed by atoms with Crippen molar-refractivity contribution in [2.24, 2.45) is 0 Å². The molecule has 1 aromatic rings. The summed E-state index contributed by atoms with van der Waals surface area (Å²) in [6.07, 6.45) is 0. The van der Waals surface area contributed by atoms with Crippen LogP contribution in [0, 0.1) is 13.8 Å². The molecule has 1 fully saturated rings. The zero-order valence-electron chi connectivity index (χ0n) is 12.9. The van der Waals surface area contributed by atoms with Crippen LogP contribution in [0.2, 0.25) is 0 Å². The smallest absolute Gasteiger partial charge is 0.119 e. The SMILES string of the molecule is COc1cc(C)c(C(Cl)CN2CCN(C)CC2)c(C)c1. The van der Waals surface area contributed by atoms with Crippen molar-refractivity contribution in [3.63, 3.8) is 0 Å². The lowest BCUT2D eigenvalue weighted by molar-refractivity contribution is 0.154. The third-order valence-corrected chi connectivity index (χ3v) is 4.49. The minimum Gasteiger partial charge on any atom is -0.497 e. The van der Waals surface area contributed by atoms with Crippen molar-refractivity contribution in [2.75, 3.05) is 46.9 Å². The Morgan fingerprint density at radius 2 is 1.70 bits per heavy atom. The molecule has 4 heteroatoms. The molecule has 1 saturated heterocycles. The van der Waals surface area contributed by atoms with E-state index in [9.17, 15) is 0 Å². The maximum atomic E-state index is 6.69. The highest BCUT2D eigenvalue weighted by Gasteiger charge is 2.20. The highest BCUT2D eigenvalue weighted by atomic mass is 35.5. The highest BCUT2D eigenvalue weighted by molar-refractivity contribution is 6.21. The van der Waals surface area contributed by atoms with Gasteiger partial charge in [0.25, 0.3) is 0 Å². The van der Waals surface area contributed by atoms with E-state index in [0.717, 1.165) is 38.5 Å². The van der Waals surface area contributed by atoms with Gasteiger partial charge < -0.3 is 9.64 Å². The number of hydrogen-bond acceptors (Lipinski definition) is 3. The number of aryl methyl sites for hydroxylation is 2. The minimum absolute atomic E-state index is 0.0457. The van der Waals surface area contributed by atoms with E-state index in [4.69, 9.17) is 16.3 Å². The van der Waals surface area contributed by atoms with Gasteiger partial charge in [-0.3, -0.25) is 4.90 Å². The van der Waals surface area contributed by atoms with E-state index in [1.165, 1.54) is 16.7 Å². The standard InChI is InChI=1S/C16H25ClN2O/c1-12-9-14(20-4)10-13(2)16(12)15(17)11-19-7-5-18(3)6-8-19/h9-10,15H,5-8,11H2,1-4H3. The van der Waals surface area contributed by atoms with Crippen LogP contribution in [0.1, 0.15) is 22.1 Å². The fraction of sp³-hybridized carbons (Fsp3) is 0.625. The lowest BCUT2D eigenvalue weighted by Crippen LogP contribution is -2.45. The quantitative estimate of drug-likeness (QED) is 0.795. The number of halogens is 1. The van der Waals surface area contributed by atoms with E-state index in [2.05, 4.69) is 42.8 Å². The lowest BCUT2D eigenvalue weighted by Gasteiger charge is -2.34. The number of likely N-dealkylation sites (N-methyl/N-ethyl adjacent to an activating group) is 1. The van der Waals surface area contributed by atoms with Crippen LogP contribution < -0.4 is 4.74 Å². The monoisotopic (exact) mass is 296 g/mol. The van der Waals surface area contributed by atoms with Gasteiger partial charge in [0.15, 0.2) is 0 Å². The molecular formula is C16H25ClN2O. The van der Waals surface area contributed by atoms with Gasteiger partial charge in [0.1, 0.15) is 5.75 Å². The van der Waals surface area contributed by atoms with Crippen molar-refractivity contribution in [3.8, 4) is 5.75 Å². The van der Waals surface area contributed by atoms with Crippen molar-refractivity contribution < 1.29 is 4.74 Å². The number of nitrogens with zero attached hydrogens (tertiary/aromatic N) is 2. The molecule has 1 aliphatic heterocycles. The second kappa shape index (κ2) is 6.79. The number of rotatable bonds is 4. The van der Waals surface area contributed by atoms with Gasteiger partial charge in [-0.2, -0.15) is 0 Å². The predicted molar refractivity (Wildman–Crippen MR) is 85.0 cm³/mol. The number of hydrogen-bond donors (Lipinski definition) is 0. The second-order valence-electron chi connectivity index (χ2n) is 5.75. The molecule has 3 nitrogen and oxygen atoms in total. The van der Waals surface area contributed by atoms with Gasteiger partial charge >= 0.3 is 0 Å². The molecular weight excluding hydrogens is 272 g/mol. The molecule has 2 rings (SSSR count). The Morgan fingerprint density at radius 3 is 2.20 bits per heavy atom. The Labute approximate surface area is 127 Å². The average Bonchev–Trinajstić information content (AvgIpc) is 2.40. The summed E-state index contributed by atoms with van der Waals surface area (Å²) < 4.78 is 5.31. The first kappa shape index (κ1) is 15.6. The van der Waals surface area contributed by atoms with Gasteiger partial charge in [0, 0.05) is 32.7 Å². The minimum atomic E-state index is 0.0457. The Morgan fingerprint density at radius 1 is 1.15 bits per heavy atom. The van der Waals surface area contributed by atoms with Crippen molar-refractivity contribution in [1.29, 1.82) is 0 Å². The Balaban J connectivity index is 2.07. The molecule has 0 aliphatic carbocycles. The zero-order chi connectivity index (χ0) is 14.7. The lowest BCUT2D eigenvalue weighted by atomic mass is 9.98.